The van der Waals surface area contributed by atoms with Crippen molar-refractivity contribution in [3.8, 4) is 0 Å². The van der Waals surface area contributed by atoms with E-state index in [2.05, 4.69) is 19.2 Å². The van der Waals surface area contributed by atoms with E-state index < -0.39 is 6.04 Å². The van der Waals surface area contributed by atoms with E-state index in [4.69, 9.17) is 0 Å². The number of hydrogen-bond acceptors (Lipinski definition) is 3. The summed E-state index contributed by atoms with van der Waals surface area (Å²) in [7, 11) is 0. The molecule has 3 amide bonds. The fourth-order valence-electron chi connectivity index (χ4n) is 4.48. The number of aryl methyl sites for hydroxylation is 1. The third-order valence-corrected chi connectivity index (χ3v) is 7.05. The van der Waals surface area contributed by atoms with E-state index in [0.29, 0.717) is 25.2 Å². The Morgan fingerprint density at radius 1 is 1.03 bits per heavy atom. The van der Waals surface area contributed by atoms with Crippen molar-refractivity contribution in [1.82, 2.24) is 15.1 Å². The molecule has 1 N–H and O–H groups in total. The number of carbonyl (C=O) groups excluding carboxylic acids is 3. The molecule has 184 valence electrons. The summed E-state index contributed by atoms with van der Waals surface area (Å²) < 4.78 is 0. The van der Waals surface area contributed by atoms with Crippen LogP contribution in [0.15, 0.2) is 24.3 Å². The Balaban J connectivity index is 2.07. The summed E-state index contributed by atoms with van der Waals surface area (Å²) in [5.41, 5.74) is 1.64. The summed E-state index contributed by atoms with van der Waals surface area (Å²) in [5.74, 6) is 0.0207. The molecule has 0 saturated carbocycles. The van der Waals surface area contributed by atoms with Crippen molar-refractivity contribution in [1.29, 1.82) is 0 Å². The first-order valence-corrected chi connectivity index (χ1v) is 12.7. The van der Waals surface area contributed by atoms with Gasteiger partial charge in [0.15, 0.2) is 0 Å². The number of nitrogens with one attached hydrogen (secondary N) is 1. The number of benzene rings is 1. The Morgan fingerprint density at radius 3 is 2.24 bits per heavy atom. The molecule has 0 unspecified atom stereocenters. The maximum Gasteiger partial charge on any atom is 0.251 e. The number of carbonyl (C=O) groups is 3. The number of hydrogen-bond donors (Lipinski definition) is 1. The van der Waals surface area contributed by atoms with Gasteiger partial charge in [0, 0.05) is 37.2 Å². The second-order valence-corrected chi connectivity index (χ2v) is 9.61. The highest BCUT2D eigenvalue weighted by Crippen LogP contribution is 2.21. The smallest absolute Gasteiger partial charge is 0.251 e. The van der Waals surface area contributed by atoms with Crippen LogP contribution in [0.4, 0.5) is 0 Å². The van der Waals surface area contributed by atoms with Gasteiger partial charge in [-0.25, -0.2) is 0 Å². The van der Waals surface area contributed by atoms with Crippen LogP contribution < -0.4 is 5.32 Å². The highest BCUT2D eigenvalue weighted by molar-refractivity contribution is 5.97. The molecule has 1 aromatic rings. The summed E-state index contributed by atoms with van der Waals surface area (Å²) in [5, 5.41) is 2.99. The van der Waals surface area contributed by atoms with Gasteiger partial charge >= 0.3 is 0 Å². The van der Waals surface area contributed by atoms with Gasteiger partial charge in [-0.2, -0.15) is 0 Å². The minimum Gasteiger partial charge on any atom is -0.340 e. The molecule has 1 aromatic carbocycles. The van der Waals surface area contributed by atoms with E-state index in [-0.39, 0.29) is 35.6 Å². The fourth-order valence-corrected chi connectivity index (χ4v) is 4.48. The number of unbranched alkanes of at least 4 members (excludes halogenated alkanes) is 1. The van der Waals surface area contributed by atoms with E-state index in [0.717, 1.165) is 37.7 Å². The Kier molecular flexibility index (Phi) is 10.4. The molecule has 33 heavy (non-hydrogen) atoms. The molecule has 0 bridgehead atoms. The zero-order chi connectivity index (χ0) is 24.5. The van der Waals surface area contributed by atoms with Crippen LogP contribution in [-0.2, 0) is 9.59 Å². The largest absolute Gasteiger partial charge is 0.340 e. The Bertz CT molecular complexity index is 792. The molecule has 0 spiro atoms. The van der Waals surface area contributed by atoms with Gasteiger partial charge in [-0.3, -0.25) is 14.4 Å². The average Bonchev–Trinajstić information content (AvgIpc) is 2.82. The maximum atomic E-state index is 13.5. The van der Waals surface area contributed by atoms with Crippen LogP contribution >= 0.6 is 0 Å². The number of amides is 3. The maximum absolute atomic E-state index is 13.5. The molecule has 2 rings (SSSR count). The molecule has 0 aromatic heterocycles. The summed E-state index contributed by atoms with van der Waals surface area (Å²) in [4.78, 5) is 43.2. The summed E-state index contributed by atoms with van der Waals surface area (Å²) in [6.45, 7) is 13.8. The van der Waals surface area contributed by atoms with E-state index in [9.17, 15) is 14.4 Å². The third-order valence-electron chi connectivity index (χ3n) is 7.05. The van der Waals surface area contributed by atoms with E-state index in [1.54, 1.807) is 12.1 Å². The van der Waals surface area contributed by atoms with Crippen LogP contribution in [0.25, 0.3) is 0 Å². The molecule has 1 saturated heterocycles. The lowest BCUT2D eigenvalue weighted by atomic mass is 9.95. The quantitative estimate of drug-likeness (QED) is 0.566. The van der Waals surface area contributed by atoms with Crippen LogP contribution in [0.2, 0.25) is 0 Å². The summed E-state index contributed by atoms with van der Waals surface area (Å²) >= 11 is 0. The van der Waals surface area contributed by atoms with Crippen molar-refractivity contribution in [3.63, 3.8) is 0 Å². The zero-order valence-corrected chi connectivity index (χ0v) is 21.4. The van der Waals surface area contributed by atoms with Crippen LogP contribution in [0.3, 0.4) is 0 Å². The number of piperazine rings is 1. The van der Waals surface area contributed by atoms with Crippen molar-refractivity contribution < 1.29 is 14.4 Å². The van der Waals surface area contributed by atoms with E-state index in [1.807, 2.05) is 49.6 Å². The normalized spacial score (nSPS) is 19.0. The van der Waals surface area contributed by atoms with Gasteiger partial charge in [-0.05, 0) is 44.7 Å². The van der Waals surface area contributed by atoms with Crippen LogP contribution in [0.5, 0.6) is 0 Å². The summed E-state index contributed by atoms with van der Waals surface area (Å²) in [6, 6.07) is 6.77. The molecule has 0 aliphatic carbocycles. The standard InChI is InChI=1S/C27H43N3O3/c1-7-10-11-22(9-3)26(32)30-17-16-29(18-21(30)6)27(33)24(20(5)8-2)28-25(31)23-14-12-19(4)13-15-23/h12-15,20-22,24H,7-11,16-18H2,1-6H3,(H,28,31)/t20-,21-,22-,24+/m0/s1. The molecule has 1 heterocycles. The van der Waals surface area contributed by atoms with Gasteiger partial charge in [0.25, 0.3) is 5.91 Å². The van der Waals surface area contributed by atoms with Crippen molar-refractivity contribution >= 4 is 17.7 Å². The Hall–Kier alpha value is -2.37. The zero-order valence-electron chi connectivity index (χ0n) is 21.4. The van der Waals surface area contributed by atoms with Crippen LogP contribution in [0.1, 0.15) is 82.6 Å². The first kappa shape index (κ1) is 26.9. The molecule has 1 fully saturated rings. The topological polar surface area (TPSA) is 69.7 Å². The lowest BCUT2D eigenvalue weighted by Crippen LogP contribution is -2.60. The molecule has 1 aliphatic rings. The Labute approximate surface area is 200 Å². The number of rotatable bonds is 10. The molecule has 0 radical (unpaired) electrons. The van der Waals surface area contributed by atoms with Gasteiger partial charge in [0.2, 0.25) is 11.8 Å². The van der Waals surface area contributed by atoms with Crippen molar-refractivity contribution in [2.45, 2.75) is 85.7 Å². The molecule has 1 aliphatic heterocycles. The molecule has 6 nitrogen and oxygen atoms in total. The molecule has 6 heteroatoms. The monoisotopic (exact) mass is 457 g/mol. The summed E-state index contributed by atoms with van der Waals surface area (Å²) in [6.07, 6.45) is 4.72. The molecular formula is C27H43N3O3. The second-order valence-electron chi connectivity index (χ2n) is 9.61. The second kappa shape index (κ2) is 12.8. The van der Waals surface area contributed by atoms with E-state index >= 15 is 0 Å². The van der Waals surface area contributed by atoms with Gasteiger partial charge in [-0.1, -0.05) is 64.7 Å². The molecular weight excluding hydrogens is 414 g/mol. The van der Waals surface area contributed by atoms with Gasteiger partial charge < -0.3 is 15.1 Å². The predicted molar refractivity (Wildman–Crippen MR) is 133 cm³/mol. The van der Waals surface area contributed by atoms with Gasteiger partial charge in [-0.15, -0.1) is 0 Å². The predicted octanol–water partition coefficient (Wildman–Crippen LogP) is 4.42. The number of nitrogens with zero attached hydrogens (tertiary/aromatic N) is 2. The lowest BCUT2D eigenvalue weighted by molar-refractivity contribution is -0.146. The highest BCUT2D eigenvalue weighted by Gasteiger charge is 2.36. The minimum absolute atomic E-state index is 0.0142. The van der Waals surface area contributed by atoms with Gasteiger partial charge in [0.1, 0.15) is 6.04 Å². The molecule has 4 atom stereocenters. The van der Waals surface area contributed by atoms with Crippen molar-refractivity contribution in [3.05, 3.63) is 35.4 Å². The SMILES string of the molecule is CCCC[C@H](CC)C(=O)N1CCN(C(=O)[C@H](NC(=O)c2ccc(C)cc2)[C@@H](C)CC)C[C@@H]1C. The Morgan fingerprint density at radius 2 is 1.70 bits per heavy atom. The fraction of sp³-hybridized carbons (Fsp3) is 0.667. The van der Waals surface area contributed by atoms with Crippen LogP contribution in [-0.4, -0.2) is 59.2 Å². The van der Waals surface area contributed by atoms with Crippen molar-refractivity contribution in [2.24, 2.45) is 11.8 Å². The minimum atomic E-state index is -0.578. The lowest BCUT2D eigenvalue weighted by Gasteiger charge is -2.42. The van der Waals surface area contributed by atoms with Crippen molar-refractivity contribution in [2.75, 3.05) is 19.6 Å². The van der Waals surface area contributed by atoms with Crippen LogP contribution in [0, 0.1) is 18.8 Å². The first-order chi connectivity index (χ1) is 15.7. The van der Waals surface area contributed by atoms with E-state index in [1.165, 1.54) is 0 Å². The highest BCUT2D eigenvalue weighted by atomic mass is 16.2. The third kappa shape index (κ3) is 7.05. The first-order valence-electron chi connectivity index (χ1n) is 12.7. The average molecular weight is 458 g/mol. The van der Waals surface area contributed by atoms with Gasteiger partial charge in [0.05, 0.1) is 0 Å².